The van der Waals surface area contributed by atoms with Crippen molar-refractivity contribution in [1.82, 2.24) is 4.98 Å². The van der Waals surface area contributed by atoms with Gasteiger partial charge in [-0.15, -0.1) is 0 Å². The van der Waals surface area contributed by atoms with Gasteiger partial charge in [-0.1, -0.05) is 0 Å². The summed E-state index contributed by atoms with van der Waals surface area (Å²) in [4.78, 5) is 6.46. The number of anilines is 1. The van der Waals surface area contributed by atoms with Crippen LogP contribution < -0.4 is 4.90 Å². The average molecular weight is 243 g/mol. The summed E-state index contributed by atoms with van der Waals surface area (Å²) in [5.74, 6) is 0.751. The van der Waals surface area contributed by atoms with Crippen LogP contribution in [0.2, 0.25) is 0 Å². The lowest BCUT2D eigenvalue weighted by Crippen LogP contribution is -2.47. The topological polar surface area (TPSA) is 49.2 Å². The number of nitrogens with zero attached hydrogens (tertiary/aromatic N) is 3. The fourth-order valence-electron chi connectivity index (χ4n) is 2.56. The van der Waals surface area contributed by atoms with E-state index >= 15 is 0 Å². The van der Waals surface area contributed by atoms with Gasteiger partial charge in [-0.2, -0.15) is 5.26 Å². The third-order valence-corrected chi connectivity index (χ3v) is 3.66. The third-order valence-electron chi connectivity index (χ3n) is 3.66. The summed E-state index contributed by atoms with van der Waals surface area (Å²) in [7, 11) is 0. The molecule has 2 heterocycles. The van der Waals surface area contributed by atoms with Crippen LogP contribution in [0.5, 0.6) is 0 Å². The van der Waals surface area contributed by atoms with Gasteiger partial charge in [0.15, 0.2) is 0 Å². The summed E-state index contributed by atoms with van der Waals surface area (Å²) >= 11 is 0. The van der Waals surface area contributed by atoms with Crippen molar-refractivity contribution in [2.75, 3.05) is 18.0 Å². The molecule has 18 heavy (non-hydrogen) atoms. The molecule has 1 aliphatic heterocycles. The van der Waals surface area contributed by atoms with Crippen LogP contribution in [0.1, 0.15) is 25.5 Å². The van der Waals surface area contributed by atoms with Gasteiger partial charge in [-0.05, 0) is 37.8 Å². The Bertz CT molecular complexity index is 461. The second-order valence-corrected chi connectivity index (χ2v) is 5.24. The molecular weight excluding hydrogens is 226 g/mol. The van der Waals surface area contributed by atoms with Gasteiger partial charge in [-0.25, -0.2) is 4.98 Å². The molecule has 1 saturated carbocycles. The van der Waals surface area contributed by atoms with Crippen LogP contribution in [-0.2, 0) is 4.74 Å². The summed E-state index contributed by atoms with van der Waals surface area (Å²) in [6, 6.07) is 5.81. The van der Waals surface area contributed by atoms with Crippen LogP contribution in [0.3, 0.4) is 0 Å². The minimum absolute atomic E-state index is 0.264. The number of ether oxygens (including phenoxy) is 1. The number of pyridine rings is 1. The first kappa shape index (κ1) is 11.5. The van der Waals surface area contributed by atoms with E-state index in [9.17, 15) is 0 Å². The molecule has 0 radical (unpaired) electrons. The predicted molar refractivity (Wildman–Crippen MR) is 68.2 cm³/mol. The first-order valence-electron chi connectivity index (χ1n) is 6.53. The molecule has 0 bridgehead atoms. The number of rotatable bonds is 2. The molecule has 94 valence electrons. The van der Waals surface area contributed by atoms with E-state index in [0.717, 1.165) is 24.7 Å². The Balaban J connectivity index is 1.75. The van der Waals surface area contributed by atoms with Crippen molar-refractivity contribution in [3.8, 4) is 6.07 Å². The number of aromatic nitrogens is 1. The average Bonchev–Trinajstić information content (AvgIpc) is 3.22. The van der Waals surface area contributed by atoms with E-state index in [-0.39, 0.29) is 6.10 Å². The van der Waals surface area contributed by atoms with Crippen LogP contribution in [0.4, 0.5) is 5.69 Å². The third kappa shape index (κ3) is 2.32. The Morgan fingerprint density at radius 2 is 2.22 bits per heavy atom. The number of morpholine rings is 1. The molecular formula is C14H17N3O. The minimum atomic E-state index is 0.264. The molecule has 1 aromatic rings. The van der Waals surface area contributed by atoms with Crippen molar-refractivity contribution in [2.24, 2.45) is 5.92 Å². The van der Waals surface area contributed by atoms with Crippen molar-refractivity contribution in [3.63, 3.8) is 0 Å². The van der Waals surface area contributed by atoms with Gasteiger partial charge >= 0.3 is 0 Å². The Kier molecular flexibility index (Phi) is 2.92. The van der Waals surface area contributed by atoms with Gasteiger partial charge in [0.2, 0.25) is 0 Å². The molecule has 2 atom stereocenters. The molecule has 0 N–H and O–H groups in total. The summed E-state index contributed by atoms with van der Waals surface area (Å²) in [6.07, 6.45) is 5.03. The molecule has 2 fully saturated rings. The summed E-state index contributed by atoms with van der Waals surface area (Å²) < 4.78 is 5.99. The molecule has 2 aliphatic rings. The monoisotopic (exact) mass is 243 g/mol. The van der Waals surface area contributed by atoms with E-state index in [1.165, 1.54) is 12.8 Å². The van der Waals surface area contributed by atoms with E-state index < -0.39 is 0 Å². The number of hydrogen-bond acceptors (Lipinski definition) is 4. The quantitative estimate of drug-likeness (QED) is 0.796. The van der Waals surface area contributed by atoms with Gasteiger partial charge in [0.25, 0.3) is 0 Å². The number of nitriles is 1. The first-order chi connectivity index (χ1) is 8.76. The zero-order chi connectivity index (χ0) is 12.5. The van der Waals surface area contributed by atoms with E-state index in [2.05, 4.69) is 16.8 Å². The molecule has 4 heteroatoms. The molecule has 3 rings (SSSR count). The van der Waals surface area contributed by atoms with Crippen LogP contribution in [0.15, 0.2) is 18.3 Å². The zero-order valence-electron chi connectivity index (χ0n) is 10.5. The van der Waals surface area contributed by atoms with Crippen LogP contribution in [0.25, 0.3) is 0 Å². The van der Waals surface area contributed by atoms with Crippen LogP contribution in [-0.4, -0.2) is 30.3 Å². The highest BCUT2D eigenvalue weighted by Crippen LogP contribution is 2.37. The van der Waals surface area contributed by atoms with Crippen molar-refractivity contribution in [1.29, 1.82) is 5.26 Å². The van der Waals surface area contributed by atoms with E-state index in [0.29, 0.717) is 11.8 Å². The smallest absolute Gasteiger partial charge is 0.140 e. The van der Waals surface area contributed by atoms with Crippen molar-refractivity contribution >= 4 is 5.69 Å². The number of hydrogen-bond donors (Lipinski definition) is 0. The van der Waals surface area contributed by atoms with Gasteiger partial charge in [-0.3, -0.25) is 0 Å². The standard InChI is InChI=1S/C14H17N3O/c1-10-8-17(9-14(18-10)11-2-3-11)13-5-4-12(6-15)16-7-13/h4-5,7,10-11,14H,2-3,8-9H2,1H3/t10-,14+/m0/s1. The van der Waals surface area contributed by atoms with Gasteiger partial charge in [0.1, 0.15) is 11.8 Å². The largest absolute Gasteiger partial charge is 0.371 e. The zero-order valence-corrected chi connectivity index (χ0v) is 10.5. The maximum Gasteiger partial charge on any atom is 0.140 e. The van der Waals surface area contributed by atoms with E-state index in [1.807, 2.05) is 12.1 Å². The van der Waals surface area contributed by atoms with Crippen molar-refractivity contribution in [3.05, 3.63) is 24.0 Å². The molecule has 0 unspecified atom stereocenters. The molecule has 0 aromatic carbocycles. The highest BCUT2D eigenvalue weighted by atomic mass is 16.5. The molecule has 1 aliphatic carbocycles. The van der Waals surface area contributed by atoms with Gasteiger partial charge < -0.3 is 9.64 Å². The van der Waals surface area contributed by atoms with E-state index in [1.54, 1.807) is 12.3 Å². The molecule has 0 amide bonds. The van der Waals surface area contributed by atoms with Crippen LogP contribution >= 0.6 is 0 Å². The predicted octanol–water partition coefficient (Wildman–Crippen LogP) is 1.96. The normalized spacial score (nSPS) is 27.9. The summed E-state index contributed by atoms with van der Waals surface area (Å²) in [6.45, 7) is 3.97. The van der Waals surface area contributed by atoms with Gasteiger partial charge in [0.05, 0.1) is 24.1 Å². The molecule has 0 spiro atoms. The Labute approximate surface area is 107 Å². The Morgan fingerprint density at radius 3 is 2.83 bits per heavy atom. The second kappa shape index (κ2) is 4.58. The fraction of sp³-hybridized carbons (Fsp3) is 0.571. The lowest BCUT2D eigenvalue weighted by atomic mass is 10.1. The van der Waals surface area contributed by atoms with Crippen molar-refractivity contribution < 1.29 is 4.74 Å². The minimum Gasteiger partial charge on any atom is -0.371 e. The maximum absolute atomic E-state index is 8.76. The van der Waals surface area contributed by atoms with E-state index in [4.69, 9.17) is 10.00 Å². The first-order valence-corrected chi connectivity index (χ1v) is 6.53. The SMILES string of the molecule is C[C@H]1CN(c2ccc(C#N)nc2)C[C@H](C2CC2)O1. The highest BCUT2D eigenvalue weighted by Gasteiger charge is 2.37. The molecule has 4 nitrogen and oxygen atoms in total. The van der Waals surface area contributed by atoms with Crippen molar-refractivity contribution in [2.45, 2.75) is 32.0 Å². The lowest BCUT2D eigenvalue weighted by Gasteiger charge is -2.38. The molecule has 1 aromatic heterocycles. The van der Waals surface area contributed by atoms with Crippen LogP contribution in [0, 0.1) is 17.2 Å². The Hall–Kier alpha value is -1.60. The second-order valence-electron chi connectivity index (χ2n) is 5.24. The molecule has 1 saturated heterocycles. The summed E-state index contributed by atoms with van der Waals surface area (Å²) in [5.41, 5.74) is 1.56. The fourth-order valence-corrected chi connectivity index (χ4v) is 2.56. The lowest BCUT2D eigenvalue weighted by molar-refractivity contribution is -0.0271. The maximum atomic E-state index is 8.76. The highest BCUT2D eigenvalue weighted by molar-refractivity contribution is 5.46. The van der Waals surface area contributed by atoms with Gasteiger partial charge in [0, 0.05) is 13.1 Å². The summed E-state index contributed by atoms with van der Waals surface area (Å²) in [5, 5.41) is 8.76. The Morgan fingerprint density at radius 1 is 1.39 bits per heavy atom.